The molecule has 0 spiro atoms. The molecule has 0 aromatic heterocycles. The first-order chi connectivity index (χ1) is 17.5. The molecule has 0 saturated heterocycles. The molecule has 0 bridgehead atoms. The highest BCUT2D eigenvalue weighted by molar-refractivity contribution is 7.80. The smallest absolute Gasteiger partial charge is 0.408 e. The van der Waals surface area contributed by atoms with Crippen LogP contribution in [0.5, 0.6) is 11.5 Å². The Balaban J connectivity index is 1.97. The van der Waals surface area contributed by atoms with Crippen molar-refractivity contribution in [1.29, 1.82) is 0 Å². The van der Waals surface area contributed by atoms with E-state index in [2.05, 4.69) is 23.3 Å². The zero-order chi connectivity index (χ0) is 27.2. The molecule has 1 saturated carbocycles. The number of ether oxygens (including phenoxy) is 2. The number of hydrogen-bond donors (Lipinski definition) is 4. The van der Waals surface area contributed by atoms with E-state index in [0.29, 0.717) is 24.3 Å². The molecule has 9 nitrogen and oxygen atoms in total. The summed E-state index contributed by atoms with van der Waals surface area (Å²) < 4.78 is 10.5. The average Bonchev–Trinajstić information content (AvgIpc) is 2.81. The van der Waals surface area contributed by atoms with Gasteiger partial charge in [0.15, 0.2) is 0 Å². The normalized spacial score (nSPS) is 15.1. The summed E-state index contributed by atoms with van der Waals surface area (Å²) in [7, 11) is 1.55. The van der Waals surface area contributed by atoms with Crippen molar-refractivity contribution < 1.29 is 29.0 Å². The number of hydrogen-bond acceptors (Lipinski definition) is 7. The molecular formula is C27H35N3O6S. The first-order valence-corrected chi connectivity index (χ1v) is 12.8. The third-order valence-electron chi connectivity index (χ3n) is 6.01. The van der Waals surface area contributed by atoms with Gasteiger partial charge in [0.2, 0.25) is 5.91 Å². The van der Waals surface area contributed by atoms with Gasteiger partial charge in [-0.25, -0.2) is 4.79 Å². The van der Waals surface area contributed by atoms with Crippen LogP contribution in [0.2, 0.25) is 0 Å². The quantitative estimate of drug-likeness (QED) is 0.360. The van der Waals surface area contributed by atoms with Crippen LogP contribution in [0.1, 0.15) is 51.6 Å². The van der Waals surface area contributed by atoms with Crippen LogP contribution in [0.3, 0.4) is 0 Å². The first-order valence-electron chi connectivity index (χ1n) is 12.2. The van der Waals surface area contributed by atoms with Crippen molar-refractivity contribution in [2.24, 2.45) is 0 Å². The molecule has 0 radical (unpaired) electrons. The maximum Gasteiger partial charge on any atom is 0.408 e. The van der Waals surface area contributed by atoms with Gasteiger partial charge < -0.3 is 30.1 Å². The standard InChI is InChI=1S/C27H35N3O6S/c1-27(2,3)36-26(34)29-21(16-37)25(33)30(18-8-7-9-18)23(20-10-5-6-11-22(20)31)24(32)28-17-12-14-19(35-4)15-13-17/h5-6,10-15,18,21,23,31,37H,7-9,16H2,1-4H3,(H,28,32)(H,29,34). The lowest BCUT2D eigenvalue weighted by atomic mass is 9.88. The van der Waals surface area contributed by atoms with Gasteiger partial charge in [-0.3, -0.25) is 9.59 Å². The number of methoxy groups -OCH3 is 1. The molecule has 0 heterocycles. The van der Waals surface area contributed by atoms with Crippen molar-refractivity contribution in [2.45, 2.75) is 63.8 Å². The molecule has 37 heavy (non-hydrogen) atoms. The molecule has 0 aliphatic heterocycles. The number of aromatic hydroxyl groups is 1. The van der Waals surface area contributed by atoms with Crippen LogP contribution in [0.25, 0.3) is 0 Å². The zero-order valence-corrected chi connectivity index (χ0v) is 22.5. The van der Waals surface area contributed by atoms with Gasteiger partial charge in [0.25, 0.3) is 5.91 Å². The molecular weight excluding hydrogens is 494 g/mol. The number of para-hydroxylation sites is 1. The third-order valence-corrected chi connectivity index (χ3v) is 6.37. The van der Waals surface area contributed by atoms with Crippen LogP contribution >= 0.6 is 12.6 Å². The lowest BCUT2D eigenvalue weighted by Gasteiger charge is -2.43. The fourth-order valence-corrected chi connectivity index (χ4v) is 4.27. The molecule has 3 rings (SSSR count). The van der Waals surface area contributed by atoms with E-state index >= 15 is 0 Å². The van der Waals surface area contributed by atoms with Crippen LogP contribution in [-0.4, -0.2) is 58.5 Å². The molecule has 2 aromatic rings. The number of alkyl carbamates (subject to hydrolysis) is 1. The highest BCUT2D eigenvalue weighted by atomic mass is 32.1. The molecule has 200 valence electrons. The first kappa shape index (κ1) is 28.2. The number of anilines is 1. The Hall–Kier alpha value is -3.40. The van der Waals surface area contributed by atoms with Gasteiger partial charge in [0, 0.05) is 23.0 Å². The number of amides is 3. The molecule has 3 N–H and O–H groups in total. The predicted molar refractivity (Wildman–Crippen MR) is 144 cm³/mol. The fraction of sp³-hybridized carbons (Fsp3) is 0.444. The van der Waals surface area contributed by atoms with E-state index in [4.69, 9.17) is 9.47 Å². The van der Waals surface area contributed by atoms with Crippen molar-refractivity contribution in [2.75, 3.05) is 18.2 Å². The number of thiol groups is 1. The summed E-state index contributed by atoms with van der Waals surface area (Å²) >= 11 is 4.30. The van der Waals surface area contributed by atoms with Gasteiger partial charge in [0.05, 0.1) is 7.11 Å². The number of phenolic OH excluding ortho intramolecular Hbond substituents is 1. The lowest BCUT2D eigenvalue weighted by Crippen LogP contribution is -2.57. The second-order valence-electron chi connectivity index (χ2n) is 9.89. The topological polar surface area (TPSA) is 117 Å². The van der Waals surface area contributed by atoms with E-state index in [9.17, 15) is 19.5 Å². The minimum absolute atomic E-state index is 0.00507. The van der Waals surface area contributed by atoms with Crippen LogP contribution in [0.4, 0.5) is 10.5 Å². The molecule has 10 heteroatoms. The monoisotopic (exact) mass is 529 g/mol. The number of phenols is 1. The van der Waals surface area contributed by atoms with E-state index in [0.717, 1.165) is 6.42 Å². The SMILES string of the molecule is COc1ccc(NC(=O)C(c2ccccc2O)N(C(=O)C(CS)NC(=O)OC(C)(C)C)C2CCC2)cc1. The number of nitrogens with zero attached hydrogens (tertiary/aromatic N) is 1. The van der Waals surface area contributed by atoms with Crippen molar-refractivity contribution in [3.63, 3.8) is 0 Å². The van der Waals surface area contributed by atoms with Gasteiger partial charge >= 0.3 is 6.09 Å². The summed E-state index contributed by atoms with van der Waals surface area (Å²) in [6.07, 6.45) is 1.53. The molecule has 3 amide bonds. The molecule has 1 fully saturated rings. The van der Waals surface area contributed by atoms with Crippen molar-refractivity contribution >= 4 is 36.2 Å². The van der Waals surface area contributed by atoms with Gasteiger partial charge in [-0.15, -0.1) is 0 Å². The lowest BCUT2D eigenvalue weighted by molar-refractivity contribution is -0.145. The molecule has 2 unspecified atom stereocenters. The minimum Gasteiger partial charge on any atom is -0.508 e. The second kappa shape index (κ2) is 12.2. The Morgan fingerprint density at radius 3 is 2.27 bits per heavy atom. The van der Waals surface area contributed by atoms with E-state index in [1.807, 2.05) is 0 Å². The van der Waals surface area contributed by atoms with Crippen LogP contribution in [0, 0.1) is 0 Å². The van der Waals surface area contributed by atoms with Crippen LogP contribution in [-0.2, 0) is 14.3 Å². The number of benzene rings is 2. The Morgan fingerprint density at radius 1 is 1.11 bits per heavy atom. The molecule has 2 aromatic carbocycles. The molecule has 2 atom stereocenters. The molecule has 1 aliphatic rings. The minimum atomic E-state index is -1.15. The predicted octanol–water partition coefficient (Wildman–Crippen LogP) is 4.28. The average molecular weight is 530 g/mol. The number of carbonyl (C=O) groups excluding carboxylic acids is 3. The summed E-state index contributed by atoms with van der Waals surface area (Å²) in [5.41, 5.74) is 0.0345. The summed E-state index contributed by atoms with van der Waals surface area (Å²) in [5, 5.41) is 16.1. The number of nitrogens with one attached hydrogen (secondary N) is 2. The van der Waals surface area contributed by atoms with Crippen molar-refractivity contribution in [1.82, 2.24) is 10.2 Å². The largest absolute Gasteiger partial charge is 0.508 e. The second-order valence-corrected chi connectivity index (χ2v) is 10.3. The Morgan fingerprint density at radius 2 is 1.76 bits per heavy atom. The summed E-state index contributed by atoms with van der Waals surface area (Å²) in [6.45, 7) is 5.17. The summed E-state index contributed by atoms with van der Waals surface area (Å²) in [5.74, 6) is -0.469. The van der Waals surface area contributed by atoms with Gasteiger partial charge in [-0.2, -0.15) is 12.6 Å². The van der Waals surface area contributed by atoms with Crippen LogP contribution in [0.15, 0.2) is 48.5 Å². The van der Waals surface area contributed by atoms with Gasteiger partial charge in [-0.05, 0) is 70.4 Å². The van der Waals surface area contributed by atoms with E-state index in [-0.39, 0.29) is 23.1 Å². The van der Waals surface area contributed by atoms with Gasteiger partial charge in [0.1, 0.15) is 29.2 Å². The fourth-order valence-electron chi connectivity index (χ4n) is 4.02. The Labute approximate surface area is 222 Å². The van der Waals surface area contributed by atoms with Crippen molar-refractivity contribution in [3.8, 4) is 11.5 Å². The van der Waals surface area contributed by atoms with E-state index in [1.165, 1.54) is 11.0 Å². The number of carbonyl (C=O) groups is 3. The van der Waals surface area contributed by atoms with Crippen LogP contribution < -0.4 is 15.4 Å². The van der Waals surface area contributed by atoms with Gasteiger partial charge in [-0.1, -0.05) is 18.2 Å². The Kier molecular flexibility index (Phi) is 9.31. The Bertz CT molecular complexity index is 1100. The highest BCUT2D eigenvalue weighted by Crippen LogP contribution is 2.37. The maximum atomic E-state index is 13.9. The summed E-state index contributed by atoms with van der Waals surface area (Å²) in [6, 6.07) is 10.8. The van der Waals surface area contributed by atoms with E-state index < -0.39 is 35.6 Å². The third kappa shape index (κ3) is 7.31. The summed E-state index contributed by atoms with van der Waals surface area (Å²) in [4.78, 5) is 41.6. The maximum absolute atomic E-state index is 13.9. The van der Waals surface area contributed by atoms with E-state index in [1.54, 1.807) is 70.3 Å². The highest BCUT2D eigenvalue weighted by Gasteiger charge is 2.42. The number of rotatable bonds is 9. The molecule has 1 aliphatic carbocycles. The zero-order valence-electron chi connectivity index (χ0n) is 21.6. The van der Waals surface area contributed by atoms with Crippen molar-refractivity contribution in [3.05, 3.63) is 54.1 Å².